The third-order valence-electron chi connectivity index (χ3n) is 5.96. The smallest absolute Gasteiger partial charge is 0.355 e. The Morgan fingerprint density at radius 2 is 1.52 bits per heavy atom. The van der Waals surface area contributed by atoms with Crippen molar-refractivity contribution in [2.45, 2.75) is 6.61 Å². The molecule has 5 rings (SSSR count). The summed E-state index contributed by atoms with van der Waals surface area (Å²) in [6.07, 6.45) is 1.47. The number of ether oxygens (including phenoxy) is 4. The summed E-state index contributed by atoms with van der Waals surface area (Å²) in [6, 6.07) is 29.0. The number of carbonyl (C=O) groups is 2. The third-order valence-corrected chi connectivity index (χ3v) is 7.59. The van der Waals surface area contributed by atoms with Crippen LogP contribution in [0.15, 0.2) is 102 Å². The van der Waals surface area contributed by atoms with Crippen LogP contribution in [-0.4, -0.2) is 31.8 Å². The Morgan fingerprint density at radius 3 is 2.24 bits per heavy atom. The molecule has 0 atom stereocenters. The van der Waals surface area contributed by atoms with Crippen LogP contribution < -0.4 is 24.4 Å². The Labute approximate surface area is 251 Å². The Morgan fingerprint density at radius 1 is 0.857 bits per heavy atom. The van der Waals surface area contributed by atoms with Gasteiger partial charge in [0.1, 0.15) is 34.5 Å². The monoisotopic (exact) mass is 600 g/mol. The SMILES string of the molecule is COc1ccc2c(Cl)c(C(=O)Oc3ccc(/C=N/NC(=O)COc4ccc(OCc5ccccc5)cc4)cc3)sc2c1. The largest absolute Gasteiger partial charge is 0.497 e. The Hall–Kier alpha value is -4.86. The minimum atomic E-state index is -0.553. The summed E-state index contributed by atoms with van der Waals surface area (Å²) in [5, 5.41) is 5.05. The van der Waals surface area contributed by atoms with Crippen LogP contribution in [0.3, 0.4) is 0 Å². The van der Waals surface area contributed by atoms with E-state index in [4.69, 9.17) is 30.5 Å². The Bertz CT molecular complexity index is 1700. The number of halogens is 1. The first kappa shape index (κ1) is 28.7. The van der Waals surface area contributed by atoms with E-state index in [2.05, 4.69) is 10.5 Å². The first-order valence-corrected chi connectivity index (χ1v) is 14.0. The lowest BCUT2D eigenvalue weighted by Gasteiger charge is -2.08. The maximum Gasteiger partial charge on any atom is 0.355 e. The molecule has 1 N–H and O–H groups in total. The van der Waals surface area contributed by atoms with Crippen LogP contribution in [0.25, 0.3) is 10.1 Å². The Balaban J connectivity index is 1.06. The number of nitrogens with one attached hydrogen (secondary N) is 1. The van der Waals surface area contributed by atoms with Crippen molar-refractivity contribution in [1.82, 2.24) is 5.43 Å². The van der Waals surface area contributed by atoms with Crippen LogP contribution in [0.1, 0.15) is 20.8 Å². The minimum absolute atomic E-state index is 0.205. The summed E-state index contributed by atoms with van der Waals surface area (Å²) >= 11 is 7.66. The molecule has 0 fully saturated rings. The number of carbonyl (C=O) groups excluding carboxylic acids is 2. The number of esters is 1. The predicted octanol–water partition coefficient (Wildman–Crippen LogP) is 6.89. The van der Waals surface area contributed by atoms with E-state index >= 15 is 0 Å². The van der Waals surface area contributed by atoms with E-state index in [0.29, 0.717) is 45.1 Å². The van der Waals surface area contributed by atoms with Crippen LogP contribution in [-0.2, 0) is 11.4 Å². The number of methoxy groups -OCH3 is 1. The van der Waals surface area contributed by atoms with Gasteiger partial charge in [0.15, 0.2) is 6.61 Å². The normalized spacial score (nSPS) is 10.9. The van der Waals surface area contributed by atoms with Gasteiger partial charge in [-0.15, -0.1) is 11.3 Å². The molecule has 0 unspecified atom stereocenters. The minimum Gasteiger partial charge on any atom is -0.497 e. The average molecular weight is 601 g/mol. The molecule has 0 spiro atoms. The van der Waals surface area contributed by atoms with Gasteiger partial charge in [0.25, 0.3) is 5.91 Å². The van der Waals surface area contributed by atoms with E-state index < -0.39 is 11.9 Å². The van der Waals surface area contributed by atoms with E-state index in [1.807, 2.05) is 42.5 Å². The van der Waals surface area contributed by atoms with Crippen molar-refractivity contribution in [3.05, 3.63) is 118 Å². The number of thiophene rings is 1. The first-order valence-electron chi connectivity index (χ1n) is 12.8. The lowest BCUT2D eigenvalue weighted by Crippen LogP contribution is -2.24. The fourth-order valence-electron chi connectivity index (χ4n) is 3.81. The summed E-state index contributed by atoms with van der Waals surface area (Å²) in [5.74, 6) is 1.28. The summed E-state index contributed by atoms with van der Waals surface area (Å²) in [5.41, 5.74) is 4.18. The van der Waals surface area contributed by atoms with Crippen molar-refractivity contribution in [2.24, 2.45) is 5.10 Å². The number of nitrogens with zero attached hydrogens (tertiary/aromatic N) is 1. The number of hydrogen-bond donors (Lipinski definition) is 1. The lowest BCUT2D eigenvalue weighted by molar-refractivity contribution is -0.123. The van der Waals surface area contributed by atoms with Gasteiger partial charge in [0, 0.05) is 10.1 Å². The van der Waals surface area contributed by atoms with Gasteiger partial charge in [-0.05, 0) is 77.9 Å². The van der Waals surface area contributed by atoms with Crippen molar-refractivity contribution >= 4 is 51.1 Å². The molecular formula is C32H25ClN2O6S. The first-order chi connectivity index (χ1) is 20.5. The molecule has 212 valence electrons. The molecule has 0 aliphatic rings. The van der Waals surface area contributed by atoms with Gasteiger partial charge < -0.3 is 18.9 Å². The van der Waals surface area contributed by atoms with Crippen molar-refractivity contribution in [3.63, 3.8) is 0 Å². The maximum atomic E-state index is 12.7. The van der Waals surface area contributed by atoms with Gasteiger partial charge in [0.05, 0.1) is 18.3 Å². The summed E-state index contributed by atoms with van der Waals surface area (Å²) in [4.78, 5) is 25.2. The molecule has 8 nitrogen and oxygen atoms in total. The number of hydrogen-bond acceptors (Lipinski definition) is 8. The highest BCUT2D eigenvalue weighted by Crippen LogP contribution is 2.37. The fourth-order valence-corrected chi connectivity index (χ4v) is 5.23. The molecule has 1 aromatic heterocycles. The molecule has 0 saturated heterocycles. The van der Waals surface area contributed by atoms with Gasteiger partial charge in [-0.2, -0.15) is 5.10 Å². The van der Waals surface area contributed by atoms with Gasteiger partial charge in [0.2, 0.25) is 0 Å². The molecule has 0 bridgehead atoms. The van der Waals surface area contributed by atoms with Gasteiger partial charge in [-0.25, -0.2) is 10.2 Å². The lowest BCUT2D eigenvalue weighted by atomic mass is 10.2. The predicted molar refractivity (Wildman–Crippen MR) is 163 cm³/mol. The van der Waals surface area contributed by atoms with Gasteiger partial charge in [-0.3, -0.25) is 4.79 Å². The van der Waals surface area contributed by atoms with Crippen molar-refractivity contribution in [1.29, 1.82) is 0 Å². The van der Waals surface area contributed by atoms with E-state index in [1.54, 1.807) is 61.7 Å². The zero-order chi connectivity index (χ0) is 29.3. The van der Waals surface area contributed by atoms with E-state index in [1.165, 1.54) is 17.6 Å². The van der Waals surface area contributed by atoms with Crippen LogP contribution in [0, 0.1) is 0 Å². The van der Waals surface area contributed by atoms with Gasteiger partial charge >= 0.3 is 5.97 Å². The molecule has 1 heterocycles. The van der Waals surface area contributed by atoms with Gasteiger partial charge in [-0.1, -0.05) is 41.9 Å². The van der Waals surface area contributed by atoms with E-state index in [-0.39, 0.29) is 6.61 Å². The molecule has 5 aromatic rings. The van der Waals surface area contributed by atoms with Crippen molar-refractivity contribution in [2.75, 3.05) is 13.7 Å². The molecule has 10 heteroatoms. The summed E-state index contributed by atoms with van der Waals surface area (Å²) in [6.45, 7) is 0.261. The molecule has 0 aliphatic heterocycles. The highest BCUT2D eigenvalue weighted by atomic mass is 35.5. The summed E-state index contributed by atoms with van der Waals surface area (Å²) < 4.78 is 22.8. The van der Waals surface area contributed by atoms with Crippen LogP contribution in [0.5, 0.6) is 23.0 Å². The third kappa shape index (κ3) is 7.45. The molecule has 0 saturated carbocycles. The second kappa shape index (κ2) is 13.7. The van der Waals surface area contributed by atoms with Crippen LogP contribution >= 0.6 is 22.9 Å². The second-order valence-corrected chi connectivity index (χ2v) is 10.3. The number of hydrazone groups is 1. The highest BCUT2D eigenvalue weighted by Gasteiger charge is 2.19. The zero-order valence-electron chi connectivity index (χ0n) is 22.4. The van der Waals surface area contributed by atoms with Crippen LogP contribution in [0.4, 0.5) is 0 Å². The molecule has 1 amide bonds. The van der Waals surface area contributed by atoms with Crippen LogP contribution in [0.2, 0.25) is 5.02 Å². The second-order valence-electron chi connectivity index (χ2n) is 8.89. The van der Waals surface area contributed by atoms with E-state index in [0.717, 1.165) is 15.6 Å². The van der Waals surface area contributed by atoms with Crippen molar-refractivity contribution < 1.29 is 28.5 Å². The number of amides is 1. The number of benzene rings is 4. The standard InChI is InChI=1S/C32H25ClN2O6S/c1-38-26-15-16-27-28(17-26)42-31(30(27)33)32(37)41-25-9-7-21(8-10-25)18-34-35-29(36)20-40-24-13-11-23(12-14-24)39-19-22-5-3-2-4-6-22/h2-18H,19-20H2,1H3,(H,35,36)/b34-18+. The molecular weight excluding hydrogens is 576 g/mol. The molecule has 42 heavy (non-hydrogen) atoms. The average Bonchev–Trinajstić information content (AvgIpc) is 3.36. The fraction of sp³-hybridized carbons (Fsp3) is 0.0938. The summed E-state index contributed by atoms with van der Waals surface area (Å²) in [7, 11) is 1.58. The molecule has 4 aromatic carbocycles. The highest BCUT2D eigenvalue weighted by molar-refractivity contribution is 7.21. The Kier molecular flexibility index (Phi) is 9.33. The molecule has 0 radical (unpaired) electrons. The topological polar surface area (TPSA) is 95.5 Å². The van der Waals surface area contributed by atoms with E-state index in [9.17, 15) is 9.59 Å². The zero-order valence-corrected chi connectivity index (χ0v) is 24.0. The quantitative estimate of drug-likeness (QED) is 0.0768. The molecule has 0 aliphatic carbocycles. The van der Waals surface area contributed by atoms with Crippen molar-refractivity contribution in [3.8, 4) is 23.0 Å². The number of rotatable bonds is 11. The number of fused-ring (bicyclic) bond motifs is 1. The maximum absolute atomic E-state index is 12.7.